The molecule has 1 fully saturated rings. The molecule has 0 saturated carbocycles. The topological polar surface area (TPSA) is 12.0 Å². The van der Waals surface area contributed by atoms with E-state index < -0.39 is 0 Å². The van der Waals surface area contributed by atoms with E-state index in [9.17, 15) is 0 Å². The van der Waals surface area contributed by atoms with Crippen LogP contribution in [0.2, 0.25) is 0 Å². The lowest BCUT2D eigenvalue weighted by molar-refractivity contribution is 0.351. The van der Waals surface area contributed by atoms with Crippen LogP contribution in [0.3, 0.4) is 0 Å². The molecule has 0 aromatic heterocycles. The Bertz CT molecular complexity index is 298. The first-order chi connectivity index (χ1) is 7.42. The lowest BCUT2D eigenvalue weighted by Crippen LogP contribution is -2.32. The second-order valence-electron chi connectivity index (χ2n) is 4.28. The zero-order chi connectivity index (χ0) is 10.5. The second kappa shape index (κ2) is 5.13. The van der Waals surface area contributed by atoms with Crippen molar-refractivity contribution in [1.82, 2.24) is 5.32 Å². The van der Waals surface area contributed by atoms with Gasteiger partial charge in [-0.05, 0) is 37.4 Å². The quantitative estimate of drug-likeness (QED) is 0.741. The summed E-state index contributed by atoms with van der Waals surface area (Å²) in [6, 6.07) is 10.7. The van der Waals surface area contributed by atoms with E-state index in [-0.39, 0.29) is 0 Å². The predicted molar refractivity (Wildman–Crippen MR) is 65.0 cm³/mol. The first-order valence-electron chi connectivity index (χ1n) is 5.80. The Morgan fingerprint density at radius 1 is 1.33 bits per heavy atom. The van der Waals surface area contributed by atoms with Crippen LogP contribution in [-0.2, 0) is 0 Å². The molecule has 1 aromatic carbocycles. The van der Waals surface area contributed by atoms with Gasteiger partial charge in [0.05, 0.1) is 0 Å². The monoisotopic (exact) mass is 201 g/mol. The summed E-state index contributed by atoms with van der Waals surface area (Å²) >= 11 is 0. The van der Waals surface area contributed by atoms with Gasteiger partial charge in [0.25, 0.3) is 0 Å². The van der Waals surface area contributed by atoms with E-state index in [0.717, 1.165) is 12.5 Å². The number of allylic oxidation sites excluding steroid dienone is 1. The van der Waals surface area contributed by atoms with Crippen molar-refractivity contribution in [3.63, 3.8) is 0 Å². The van der Waals surface area contributed by atoms with Crippen LogP contribution in [-0.4, -0.2) is 13.1 Å². The molecule has 2 unspecified atom stereocenters. The molecule has 1 aliphatic rings. The summed E-state index contributed by atoms with van der Waals surface area (Å²) in [5.74, 6) is 1.23. The highest BCUT2D eigenvalue weighted by Crippen LogP contribution is 2.30. The maximum atomic E-state index is 3.98. The fourth-order valence-corrected chi connectivity index (χ4v) is 2.46. The summed E-state index contributed by atoms with van der Waals surface area (Å²) in [6.45, 7) is 6.29. The van der Waals surface area contributed by atoms with Crippen molar-refractivity contribution < 1.29 is 0 Å². The zero-order valence-electron chi connectivity index (χ0n) is 9.15. The molecule has 80 valence electrons. The maximum Gasteiger partial charge on any atom is 0.00556 e. The highest BCUT2D eigenvalue weighted by Gasteiger charge is 2.21. The summed E-state index contributed by atoms with van der Waals surface area (Å²) in [5, 5.41) is 3.47. The third-order valence-corrected chi connectivity index (χ3v) is 3.28. The molecule has 1 N–H and O–H groups in total. The van der Waals surface area contributed by atoms with Crippen LogP contribution in [0.25, 0.3) is 0 Å². The van der Waals surface area contributed by atoms with E-state index >= 15 is 0 Å². The summed E-state index contributed by atoms with van der Waals surface area (Å²) in [5.41, 5.74) is 1.40. The van der Waals surface area contributed by atoms with Crippen molar-refractivity contribution in [1.29, 1.82) is 0 Å². The second-order valence-corrected chi connectivity index (χ2v) is 4.28. The molecule has 0 spiro atoms. The van der Waals surface area contributed by atoms with Gasteiger partial charge in [-0.25, -0.2) is 0 Å². The molecule has 0 aliphatic carbocycles. The van der Waals surface area contributed by atoms with Gasteiger partial charge < -0.3 is 5.32 Å². The standard InChI is InChI=1S/C14H19N/c1-2-14(12-7-4-3-5-8-12)13-9-6-10-15-11-13/h2-5,7-8,13-15H,1,6,9-11H2. The third-order valence-electron chi connectivity index (χ3n) is 3.28. The Morgan fingerprint density at radius 2 is 2.13 bits per heavy atom. The number of benzene rings is 1. The normalized spacial score (nSPS) is 23.3. The maximum absolute atomic E-state index is 3.98. The summed E-state index contributed by atoms with van der Waals surface area (Å²) in [7, 11) is 0. The predicted octanol–water partition coefficient (Wildman–Crippen LogP) is 2.96. The van der Waals surface area contributed by atoms with Crippen molar-refractivity contribution in [3.05, 3.63) is 48.6 Å². The average Bonchev–Trinajstić information content (AvgIpc) is 2.33. The number of rotatable bonds is 3. The molecule has 15 heavy (non-hydrogen) atoms. The minimum Gasteiger partial charge on any atom is -0.316 e. The summed E-state index contributed by atoms with van der Waals surface area (Å²) in [4.78, 5) is 0. The zero-order valence-corrected chi connectivity index (χ0v) is 9.15. The van der Waals surface area contributed by atoms with Crippen molar-refractivity contribution in [3.8, 4) is 0 Å². The third kappa shape index (κ3) is 2.48. The lowest BCUT2D eigenvalue weighted by Gasteiger charge is -2.29. The van der Waals surface area contributed by atoms with E-state index in [0.29, 0.717) is 5.92 Å². The van der Waals surface area contributed by atoms with Gasteiger partial charge in [-0.3, -0.25) is 0 Å². The van der Waals surface area contributed by atoms with Gasteiger partial charge >= 0.3 is 0 Å². The molecular weight excluding hydrogens is 182 g/mol. The SMILES string of the molecule is C=CC(c1ccccc1)C1CCCNC1. The summed E-state index contributed by atoms with van der Waals surface area (Å²) in [6.07, 6.45) is 4.72. The Balaban J connectivity index is 2.12. The van der Waals surface area contributed by atoms with Crippen LogP contribution in [0, 0.1) is 5.92 Å². The van der Waals surface area contributed by atoms with Gasteiger partial charge in [0, 0.05) is 5.92 Å². The number of hydrogen-bond donors (Lipinski definition) is 1. The average molecular weight is 201 g/mol. The van der Waals surface area contributed by atoms with Crippen LogP contribution in [0.15, 0.2) is 43.0 Å². The van der Waals surface area contributed by atoms with Gasteiger partial charge in [-0.1, -0.05) is 36.4 Å². The van der Waals surface area contributed by atoms with Crippen molar-refractivity contribution in [2.45, 2.75) is 18.8 Å². The van der Waals surface area contributed by atoms with Crippen molar-refractivity contribution in [2.75, 3.05) is 13.1 Å². The smallest absolute Gasteiger partial charge is 0.00556 e. The Hall–Kier alpha value is -1.08. The Morgan fingerprint density at radius 3 is 2.73 bits per heavy atom. The van der Waals surface area contributed by atoms with Crippen molar-refractivity contribution in [2.24, 2.45) is 5.92 Å². The van der Waals surface area contributed by atoms with Crippen LogP contribution in [0.4, 0.5) is 0 Å². The Labute approximate surface area is 92.2 Å². The van der Waals surface area contributed by atoms with E-state index in [1.54, 1.807) is 0 Å². The minimum atomic E-state index is 0.513. The minimum absolute atomic E-state index is 0.513. The fraction of sp³-hybridized carbons (Fsp3) is 0.429. The van der Waals surface area contributed by atoms with E-state index in [2.05, 4.69) is 48.3 Å². The van der Waals surface area contributed by atoms with Crippen LogP contribution < -0.4 is 5.32 Å². The van der Waals surface area contributed by atoms with E-state index in [1.807, 2.05) is 0 Å². The molecule has 0 radical (unpaired) electrons. The first kappa shape index (κ1) is 10.4. The molecule has 1 aliphatic heterocycles. The first-order valence-corrected chi connectivity index (χ1v) is 5.80. The van der Waals surface area contributed by atoms with Gasteiger partial charge in [0.15, 0.2) is 0 Å². The van der Waals surface area contributed by atoms with E-state index in [1.165, 1.54) is 24.9 Å². The molecule has 1 saturated heterocycles. The molecule has 0 amide bonds. The highest BCUT2D eigenvalue weighted by molar-refractivity contribution is 5.24. The van der Waals surface area contributed by atoms with E-state index in [4.69, 9.17) is 0 Å². The van der Waals surface area contributed by atoms with Crippen LogP contribution >= 0.6 is 0 Å². The Kier molecular flexibility index (Phi) is 3.57. The molecule has 1 aromatic rings. The molecule has 0 bridgehead atoms. The summed E-state index contributed by atoms with van der Waals surface area (Å²) < 4.78 is 0. The van der Waals surface area contributed by atoms with Crippen LogP contribution in [0.1, 0.15) is 24.3 Å². The molecule has 1 heteroatoms. The molecule has 1 nitrogen and oxygen atoms in total. The van der Waals surface area contributed by atoms with Gasteiger partial charge in [-0.2, -0.15) is 0 Å². The largest absolute Gasteiger partial charge is 0.316 e. The number of hydrogen-bond acceptors (Lipinski definition) is 1. The van der Waals surface area contributed by atoms with Gasteiger partial charge in [0.2, 0.25) is 0 Å². The lowest BCUT2D eigenvalue weighted by atomic mass is 9.82. The van der Waals surface area contributed by atoms with Crippen LogP contribution in [0.5, 0.6) is 0 Å². The van der Waals surface area contributed by atoms with Gasteiger partial charge in [0.1, 0.15) is 0 Å². The molecule has 2 atom stereocenters. The van der Waals surface area contributed by atoms with Crippen molar-refractivity contribution >= 4 is 0 Å². The molecular formula is C14H19N. The molecule has 2 rings (SSSR count). The highest BCUT2D eigenvalue weighted by atomic mass is 14.9. The molecule has 1 heterocycles. The number of nitrogens with one attached hydrogen (secondary N) is 1. The fourth-order valence-electron chi connectivity index (χ4n) is 2.46. The number of piperidine rings is 1. The van der Waals surface area contributed by atoms with Gasteiger partial charge in [-0.15, -0.1) is 6.58 Å².